The standard InChI is InChI=1S/C9H8ClFO2/c1-5-7(10)2-6(3-8(5)11)4-9(12)13/h2-3H,4H2,1H3,(H,12,13). The smallest absolute Gasteiger partial charge is 0.307 e. The van der Waals surface area contributed by atoms with Crippen LogP contribution in [0.5, 0.6) is 0 Å². The van der Waals surface area contributed by atoms with Crippen LogP contribution in [0.3, 0.4) is 0 Å². The van der Waals surface area contributed by atoms with Crippen molar-refractivity contribution in [2.24, 2.45) is 0 Å². The van der Waals surface area contributed by atoms with Gasteiger partial charge in [0.05, 0.1) is 6.42 Å². The highest BCUT2D eigenvalue weighted by Gasteiger charge is 2.07. The molecule has 0 atom stereocenters. The maximum atomic E-state index is 13.0. The van der Waals surface area contributed by atoms with E-state index >= 15 is 0 Å². The molecule has 1 aromatic carbocycles. The molecule has 0 radical (unpaired) electrons. The maximum absolute atomic E-state index is 13.0. The van der Waals surface area contributed by atoms with Crippen molar-refractivity contribution in [3.05, 3.63) is 34.1 Å². The first-order chi connectivity index (χ1) is 6.00. The fourth-order valence-electron chi connectivity index (χ4n) is 0.974. The largest absolute Gasteiger partial charge is 0.481 e. The van der Waals surface area contributed by atoms with Gasteiger partial charge in [0.25, 0.3) is 0 Å². The van der Waals surface area contributed by atoms with Crippen molar-refractivity contribution in [3.63, 3.8) is 0 Å². The number of hydrogen-bond acceptors (Lipinski definition) is 1. The van der Waals surface area contributed by atoms with Gasteiger partial charge >= 0.3 is 5.97 Å². The van der Waals surface area contributed by atoms with Crippen LogP contribution in [-0.2, 0) is 11.2 Å². The molecule has 4 heteroatoms. The Morgan fingerprint density at radius 1 is 1.62 bits per heavy atom. The molecule has 0 aliphatic carbocycles. The number of aliphatic carboxylic acids is 1. The lowest BCUT2D eigenvalue weighted by Crippen LogP contribution is -2.01. The van der Waals surface area contributed by atoms with Crippen LogP contribution >= 0.6 is 11.6 Å². The molecular weight excluding hydrogens is 195 g/mol. The summed E-state index contributed by atoms with van der Waals surface area (Å²) in [6.07, 6.45) is -0.211. The second kappa shape index (κ2) is 3.75. The molecule has 0 bridgehead atoms. The van der Waals surface area contributed by atoms with Gasteiger partial charge in [0.2, 0.25) is 0 Å². The highest BCUT2D eigenvalue weighted by Crippen LogP contribution is 2.20. The average molecular weight is 203 g/mol. The SMILES string of the molecule is Cc1c(F)cc(CC(=O)O)cc1Cl. The fraction of sp³-hybridized carbons (Fsp3) is 0.222. The van der Waals surface area contributed by atoms with Crippen molar-refractivity contribution in [1.82, 2.24) is 0 Å². The van der Waals surface area contributed by atoms with Crippen LogP contribution in [0, 0.1) is 12.7 Å². The second-order valence-corrected chi connectivity index (χ2v) is 3.16. The molecule has 0 amide bonds. The number of carbonyl (C=O) groups is 1. The van der Waals surface area contributed by atoms with Crippen molar-refractivity contribution < 1.29 is 14.3 Å². The van der Waals surface area contributed by atoms with Crippen LogP contribution in [0.2, 0.25) is 5.02 Å². The Bertz CT molecular complexity index is 326. The minimum Gasteiger partial charge on any atom is -0.481 e. The van der Waals surface area contributed by atoms with E-state index in [4.69, 9.17) is 16.7 Å². The van der Waals surface area contributed by atoms with Crippen LogP contribution in [0.4, 0.5) is 4.39 Å². The molecule has 0 fully saturated rings. The molecule has 0 spiro atoms. The van der Waals surface area contributed by atoms with Gasteiger partial charge in [-0.25, -0.2) is 4.39 Å². The Kier molecular flexibility index (Phi) is 2.88. The average Bonchev–Trinajstić information content (AvgIpc) is 1.98. The van der Waals surface area contributed by atoms with E-state index < -0.39 is 11.8 Å². The van der Waals surface area contributed by atoms with Gasteiger partial charge in [-0.3, -0.25) is 4.79 Å². The van der Waals surface area contributed by atoms with E-state index in [0.717, 1.165) is 0 Å². The molecule has 0 aliphatic rings. The summed E-state index contributed by atoms with van der Waals surface area (Å²) in [5.41, 5.74) is 0.719. The minimum atomic E-state index is -1.00. The van der Waals surface area contributed by atoms with Gasteiger partial charge < -0.3 is 5.11 Å². The molecule has 1 rings (SSSR count). The molecule has 0 unspecified atom stereocenters. The predicted molar refractivity (Wildman–Crippen MR) is 47.5 cm³/mol. The minimum absolute atomic E-state index is 0.211. The monoisotopic (exact) mass is 202 g/mol. The lowest BCUT2D eigenvalue weighted by atomic mass is 10.1. The lowest BCUT2D eigenvalue weighted by Gasteiger charge is -2.02. The van der Waals surface area contributed by atoms with E-state index in [1.54, 1.807) is 6.92 Å². The number of carboxylic acid groups (broad SMARTS) is 1. The number of rotatable bonds is 2. The summed E-state index contributed by atoms with van der Waals surface area (Å²) in [5.74, 6) is -1.47. The third-order valence-corrected chi connectivity index (χ3v) is 2.09. The molecule has 0 saturated heterocycles. The normalized spacial score (nSPS) is 10.1. The number of halogens is 2. The van der Waals surface area contributed by atoms with E-state index in [2.05, 4.69) is 0 Å². The van der Waals surface area contributed by atoms with E-state index in [-0.39, 0.29) is 11.4 Å². The van der Waals surface area contributed by atoms with Crippen molar-refractivity contribution in [2.75, 3.05) is 0 Å². The Labute approximate surface area is 80.0 Å². The van der Waals surface area contributed by atoms with Gasteiger partial charge in [-0.05, 0) is 24.6 Å². The Hall–Kier alpha value is -1.09. The first kappa shape index (κ1) is 9.99. The Morgan fingerprint density at radius 3 is 2.69 bits per heavy atom. The highest BCUT2D eigenvalue weighted by atomic mass is 35.5. The molecule has 70 valence electrons. The molecule has 0 heterocycles. The van der Waals surface area contributed by atoms with E-state index in [1.807, 2.05) is 0 Å². The Morgan fingerprint density at radius 2 is 2.23 bits per heavy atom. The van der Waals surface area contributed by atoms with Crippen molar-refractivity contribution in [2.45, 2.75) is 13.3 Å². The topological polar surface area (TPSA) is 37.3 Å². The van der Waals surface area contributed by atoms with Gasteiger partial charge in [-0.15, -0.1) is 0 Å². The molecule has 13 heavy (non-hydrogen) atoms. The van der Waals surface area contributed by atoms with Crippen LogP contribution in [0.25, 0.3) is 0 Å². The third-order valence-electron chi connectivity index (χ3n) is 1.70. The molecule has 2 nitrogen and oxygen atoms in total. The van der Waals surface area contributed by atoms with Crippen LogP contribution in [-0.4, -0.2) is 11.1 Å². The summed E-state index contributed by atoms with van der Waals surface area (Å²) in [6, 6.07) is 2.66. The third kappa shape index (κ3) is 2.42. The maximum Gasteiger partial charge on any atom is 0.307 e. The summed E-state index contributed by atoms with van der Waals surface area (Å²) in [6.45, 7) is 1.54. The predicted octanol–water partition coefficient (Wildman–Crippen LogP) is 2.41. The lowest BCUT2D eigenvalue weighted by molar-refractivity contribution is -0.136. The highest BCUT2D eigenvalue weighted by molar-refractivity contribution is 6.31. The summed E-state index contributed by atoms with van der Waals surface area (Å²) in [7, 11) is 0. The molecule has 1 aromatic rings. The molecular formula is C9H8ClFO2. The van der Waals surface area contributed by atoms with E-state index in [1.165, 1.54) is 12.1 Å². The first-order valence-electron chi connectivity index (χ1n) is 3.67. The number of benzene rings is 1. The zero-order valence-electron chi connectivity index (χ0n) is 6.97. The van der Waals surface area contributed by atoms with Crippen LogP contribution < -0.4 is 0 Å². The van der Waals surface area contributed by atoms with Crippen molar-refractivity contribution in [3.8, 4) is 0 Å². The van der Waals surface area contributed by atoms with E-state index in [0.29, 0.717) is 11.1 Å². The zero-order chi connectivity index (χ0) is 10.0. The first-order valence-corrected chi connectivity index (χ1v) is 4.05. The number of carboxylic acids is 1. The summed E-state index contributed by atoms with van der Waals surface area (Å²) >= 11 is 5.67. The van der Waals surface area contributed by atoms with Gasteiger partial charge in [0.1, 0.15) is 5.82 Å². The fourth-order valence-corrected chi connectivity index (χ4v) is 1.20. The second-order valence-electron chi connectivity index (χ2n) is 2.75. The van der Waals surface area contributed by atoms with Crippen LogP contribution in [0.15, 0.2) is 12.1 Å². The quantitative estimate of drug-likeness (QED) is 0.800. The molecule has 0 aliphatic heterocycles. The van der Waals surface area contributed by atoms with Crippen molar-refractivity contribution in [1.29, 1.82) is 0 Å². The Balaban J connectivity index is 3.06. The zero-order valence-corrected chi connectivity index (χ0v) is 7.73. The van der Waals surface area contributed by atoms with Crippen molar-refractivity contribution >= 4 is 17.6 Å². The van der Waals surface area contributed by atoms with Crippen LogP contribution in [0.1, 0.15) is 11.1 Å². The van der Waals surface area contributed by atoms with E-state index in [9.17, 15) is 9.18 Å². The van der Waals surface area contributed by atoms with Gasteiger partial charge in [0, 0.05) is 10.6 Å². The summed E-state index contributed by atoms with van der Waals surface area (Å²) in [5, 5.41) is 8.71. The number of hydrogen-bond donors (Lipinski definition) is 1. The molecule has 0 aromatic heterocycles. The van der Waals surface area contributed by atoms with Gasteiger partial charge in [0.15, 0.2) is 0 Å². The molecule has 1 N–H and O–H groups in total. The van der Waals surface area contributed by atoms with Gasteiger partial charge in [-0.2, -0.15) is 0 Å². The summed E-state index contributed by atoms with van der Waals surface area (Å²) in [4.78, 5) is 10.3. The summed E-state index contributed by atoms with van der Waals surface area (Å²) < 4.78 is 13.0. The molecule has 0 saturated carbocycles. The van der Waals surface area contributed by atoms with Gasteiger partial charge in [-0.1, -0.05) is 11.6 Å².